The number of rotatable bonds is 3. The summed E-state index contributed by atoms with van der Waals surface area (Å²) in [6.45, 7) is 2.49. The number of hydrogen-bond acceptors (Lipinski definition) is 3. The number of carbonyl (C=O) groups excluding carboxylic acids is 1. The van der Waals surface area contributed by atoms with Gasteiger partial charge in [-0.15, -0.1) is 0 Å². The summed E-state index contributed by atoms with van der Waals surface area (Å²) in [5, 5.41) is 3.16. The Morgan fingerprint density at radius 3 is 2.78 bits per heavy atom. The van der Waals surface area contributed by atoms with E-state index < -0.39 is 0 Å². The van der Waals surface area contributed by atoms with Gasteiger partial charge in [0.15, 0.2) is 0 Å². The second kappa shape index (κ2) is 6.79. The van der Waals surface area contributed by atoms with Crippen LogP contribution in [0.15, 0.2) is 24.3 Å². The Kier molecular flexibility index (Phi) is 4.76. The Labute approximate surface area is 138 Å². The van der Waals surface area contributed by atoms with Crippen LogP contribution in [0.2, 0.25) is 0 Å². The molecular formula is C18H27N3O2. The van der Waals surface area contributed by atoms with Gasteiger partial charge in [0, 0.05) is 17.6 Å². The van der Waals surface area contributed by atoms with Crippen LogP contribution >= 0.6 is 0 Å². The second-order valence-electron chi connectivity index (χ2n) is 6.86. The van der Waals surface area contributed by atoms with Crippen molar-refractivity contribution in [3.8, 4) is 5.75 Å². The topological polar surface area (TPSA) is 44.8 Å². The first-order chi connectivity index (χ1) is 11.1. The Balaban J connectivity index is 1.62. The zero-order valence-corrected chi connectivity index (χ0v) is 14.2. The lowest BCUT2D eigenvalue weighted by Gasteiger charge is -2.37. The molecule has 0 bridgehead atoms. The van der Waals surface area contributed by atoms with Gasteiger partial charge in [0.05, 0.1) is 13.1 Å². The van der Waals surface area contributed by atoms with Gasteiger partial charge in [-0.3, -0.25) is 0 Å². The number of nitrogens with one attached hydrogen (secondary N) is 1. The maximum atomic E-state index is 12.6. The number of nitrogens with zero attached hydrogens (tertiary/aromatic N) is 2. The lowest BCUT2D eigenvalue weighted by molar-refractivity contribution is 0.144. The highest BCUT2D eigenvalue weighted by atomic mass is 16.5. The fourth-order valence-electron chi connectivity index (χ4n) is 3.67. The van der Waals surface area contributed by atoms with E-state index in [9.17, 15) is 4.79 Å². The zero-order valence-electron chi connectivity index (χ0n) is 14.2. The summed E-state index contributed by atoms with van der Waals surface area (Å²) >= 11 is 0. The molecule has 1 aromatic carbocycles. The molecule has 2 aliphatic rings. The fourth-order valence-corrected chi connectivity index (χ4v) is 3.67. The molecule has 5 nitrogen and oxygen atoms in total. The maximum absolute atomic E-state index is 12.6. The van der Waals surface area contributed by atoms with Crippen LogP contribution in [-0.4, -0.2) is 55.2 Å². The van der Waals surface area contributed by atoms with Crippen LogP contribution in [0, 0.1) is 0 Å². The molecule has 1 heterocycles. The molecule has 126 valence electrons. The van der Waals surface area contributed by atoms with E-state index in [0.29, 0.717) is 19.7 Å². The van der Waals surface area contributed by atoms with Crippen molar-refractivity contribution in [2.24, 2.45) is 0 Å². The molecule has 2 amide bonds. The molecule has 0 saturated heterocycles. The molecule has 1 aliphatic heterocycles. The average Bonchev–Trinajstić information content (AvgIpc) is 2.93. The van der Waals surface area contributed by atoms with Crippen LogP contribution < -0.4 is 10.1 Å². The summed E-state index contributed by atoms with van der Waals surface area (Å²) in [5.74, 6) is 0.892. The number of amides is 2. The predicted octanol–water partition coefficient (Wildman–Crippen LogP) is 2.46. The lowest BCUT2D eigenvalue weighted by atomic mass is 9.96. The van der Waals surface area contributed by atoms with E-state index in [0.717, 1.165) is 30.7 Å². The fraction of sp³-hybridized carbons (Fsp3) is 0.611. The van der Waals surface area contributed by atoms with Gasteiger partial charge in [-0.2, -0.15) is 0 Å². The number of likely N-dealkylation sites (N-methyl/N-ethyl adjacent to an activating group) is 1. The Morgan fingerprint density at radius 2 is 2.04 bits per heavy atom. The Morgan fingerprint density at radius 1 is 1.30 bits per heavy atom. The molecule has 5 heteroatoms. The predicted molar refractivity (Wildman–Crippen MR) is 90.6 cm³/mol. The number of ether oxygens (including phenoxy) is 1. The number of hydrogen-bond donors (Lipinski definition) is 1. The van der Waals surface area contributed by atoms with Crippen LogP contribution in [0.25, 0.3) is 0 Å². The van der Waals surface area contributed by atoms with Crippen molar-refractivity contribution in [1.82, 2.24) is 15.1 Å². The standard InChI is InChI=1S/C18H27N3O2/c1-20(2)18(9-5-6-10-18)14-19-17(22)21-11-12-23-16-8-4-3-7-15(16)13-21/h3-4,7-8H,5-6,9-14H2,1-2H3,(H,19,22). The molecule has 0 atom stereocenters. The van der Waals surface area contributed by atoms with Gasteiger partial charge in [0.1, 0.15) is 12.4 Å². The zero-order chi connectivity index (χ0) is 16.3. The van der Waals surface area contributed by atoms with Gasteiger partial charge in [0.2, 0.25) is 0 Å². The summed E-state index contributed by atoms with van der Waals surface area (Å²) in [5.41, 5.74) is 1.19. The molecule has 23 heavy (non-hydrogen) atoms. The third kappa shape index (κ3) is 3.44. The molecule has 3 rings (SSSR count). The number of urea groups is 1. The van der Waals surface area contributed by atoms with Crippen LogP contribution in [0.5, 0.6) is 5.75 Å². The first-order valence-electron chi connectivity index (χ1n) is 8.52. The van der Waals surface area contributed by atoms with E-state index in [-0.39, 0.29) is 11.6 Å². The molecule has 0 unspecified atom stereocenters. The Bertz CT molecular complexity index is 553. The van der Waals surface area contributed by atoms with Crippen molar-refractivity contribution in [3.63, 3.8) is 0 Å². The van der Waals surface area contributed by atoms with Crippen LogP contribution in [0.3, 0.4) is 0 Å². The molecule has 0 radical (unpaired) electrons. The molecule has 1 fully saturated rings. The summed E-state index contributed by atoms with van der Waals surface area (Å²) < 4.78 is 5.73. The van der Waals surface area contributed by atoms with Gasteiger partial charge < -0.3 is 19.9 Å². The van der Waals surface area contributed by atoms with Gasteiger partial charge in [0.25, 0.3) is 0 Å². The highest BCUT2D eigenvalue weighted by molar-refractivity contribution is 5.74. The van der Waals surface area contributed by atoms with Gasteiger partial charge in [-0.1, -0.05) is 31.0 Å². The quantitative estimate of drug-likeness (QED) is 0.931. The molecule has 1 aromatic rings. The normalized spacial score (nSPS) is 19.9. The van der Waals surface area contributed by atoms with Gasteiger partial charge >= 0.3 is 6.03 Å². The largest absolute Gasteiger partial charge is 0.491 e. The van der Waals surface area contributed by atoms with E-state index in [2.05, 4.69) is 24.3 Å². The number of fused-ring (bicyclic) bond motifs is 1. The summed E-state index contributed by atoms with van der Waals surface area (Å²) in [6.07, 6.45) is 4.82. The SMILES string of the molecule is CN(C)C1(CNC(=O)N2CCOc3ccccc3C2)CCCC1. The van der Waals surface area contributed by atoms with Crippen LogP contribution in [0.4, 0.5) is 4.79 Å². The highest BCUT2D eigenvalue weighted by Gasteiger charge is 2.36. The molecule has 0 aromatic heterocycles. The number of carbonyl (C=O) groups is 1. The van der Waals surface area contributed by atoms with E-state index in [4.69, 9.17) is 4.74 Å². The third-order valence-electron chi connectivity index (χ3n) is 5.29. The van der Waals surface area contributed by atoms with Gasteiger partial charge in [-0.05, 0) is 33.0 Å². The number of para-hydroxylation sites is 1. The van der Waals surface area contributed by atoms with Crippen molar-refractivity contribution in [1.29, 1.82) is 0 Å². The molecule has 1 N–H and O–H groups in total. The minimum Gasteiger partial charge on any atom is -0.491 e. The minimum absolute atomic E-state index is 0.0124. The number of benzene rings is 1. The summed E-state index contributed by atoms with van der Waals surface area (Å²) in [7, 11) is 4.24. The lowest BCUT2D eigenvalue weighted by Crippen LogP contribution is -2.53. The van der Waals surface area contributed by atoms with Crippen LogP contribution in [0.1, 0.15) is 31.2 Å². The van der Waals surface area contributed by atoms with Gasteiger partial charge in [-0.25, -0.2) is 4.79 Å². The minimum atomic E-state index is 0.0124. The van der Waals surface area contributed by atoms with Crippen molar-refractivity contribution < 1.29 is 9.53 Å². The van der Waals surface area contributed by atoms with Crippen molar-refractivity contribution in [2.75, 3.05) is 33.8 Å². The molecule has 0 spiro atoms. The molecular weight excluding hydrogens is 290 g/mol. The first kappa shape index (κ1) is 16.1. The van der Waals surface area contributed by atoms with Crippen molar-refractivity contribution >= 4 is 6.03 Å². The first-order valence-corrected chi connectivity index (χ1v) is 8.52. The van der Waals surface area contributed by atoms with E-state index in [1.165, 1.54) is 12.8 Å². The smallest absolute Gasteiger partial charge is 0.317 e. The molecule has 1 saturated carbocycles. The summed E-state index contributed by atoms with van der Waals surface area (Å²) in [4.78, 5) is 16.8. The van der Waals surface area contributed by atoms with E-state index in [1.54, 1.807) is 0 Å². The third-order valence-corrected chi connectivity index (χ3v) is 5.29. The average molecular weight is 317 g/mol. The maximum Gasteiger partial charge on any atom is 0.317 e. The van der Waals surface area contributed by atoms with Crippen molar-refractivity contribution in [3.05, 3.63) is 29.8 Å². The van der Waals surface area contributed by atoms with Crippen molar-refractivity contribution in [2.45, 2.75) is 37.8 Å². The van der Waals surface area contributed by atoms with Crippen LogP contribution in [-0.2, 0) is 6.54 Å². The van der Waals surface area contributed by atoms with E-state index >= 15 is 0 Å². The Hall–Kier alpha value is -1.75. The summed E-state index contributed by atoms with van der Waals surface area (Å²) in [6, 6.07) is 7.96. The monoisotopic (exact) mass is 317 g/mol. The van der Waals surface area contributed by atoms with E-state index in [1.807, 2.05) is 29.2 Å². The molecule has 1 aliphatic carbocycles. The highest BCUT2D eigenvalue weighted by Crippen LogP contribution is 2.33. The second-order valence-corrected chi connectivity index (χ2v) is 6.86.